The maximum absolute atomic E-state index is 6.11. The first-order valence-corrected chi connectivity index (χ1v) is 4.70. The number of rotatable bonds is 0. The second-order valence-corrected chi connectivity index (χ2v) is 3.80. The van der Waals surface area contributed by atoms with Gasteiger partial charge in [0.05, 0.1) is 0 Å². The minimum atomic E-state index is 0.850. The fraction of sp³-hybridized carbons (Fsp3) is 0.167. The molecule has 0 heterocycles. The molecule has 0 unspecified atom stereocenters. The van der Waals surface area contributed by atoms with Crippen LogP contribution in [0.2, 0.25) is 0 Å². The smallest absolute Gasteiger partial charge is 0.0260 e. The molecule has 0 saturated carbocycles. The predicted molar refractivity (Wildman–Crippen MR) is 57.7 cm³/mol. The second-order valence-electron chi connectivity index (χ2n) is 3.34. The van der Waals surface area contributed by atoms with Gasteiger partial charge in [0.1, 0.15) is 0 Å². The summed E-state index contributed by atoms with van der Waals surface area (Å²) in [5, 5.41) is 0.920. The molecule has 0 spiro atoms. The molecule has 0 bridgehead atoms. The molecule has 0 saturated heterocycles. The summed E-state index contributed by atoms with van der Waals surface area (Å²) in [6, 6.07) is 8.29. The topological polar surface area (TPSA) is 0 Å². The van der Waals surface area contributed by atoms with E-state index < -0.39 is 0 Å². The average molecular weight is 191 g/mol. The molecule has 1 aromatic rings. The van der Waals surface area contributed by atoms with Gasteiger partial charge in [0.25, 0.3) is 0 Å². The zero-order valence-electron chi connectivity index (χ0n) is 7.60. The van der Waals surface area contributed by atoms with Gasteiger partial charge in [0.2, 0.25) is 0 Å². The summed E-state index contributed by atoms with van der Waals surface area (Å²) in [7, 11) is 0. The van der Waals surface area contributed by atoms with Crippen LogP contribution in [0.4, 0.5) is 0 Å². The highest BCUT2D eigenvalue weighted by Crippen LogP contribution is 2.34. The molecule has 0 nitrogen and oxygen atoms in total. The van der Waals surface area contributed by atoms with Crippen molar-refractivity contribution in [1.29, 1.82) is 0 Å². The summed E-state index contributed by atoms with van der Waals surface area (Å²) < 4.78 is 0. The van der Waals surface area contributed by atoms with Gasteiger partial charge in [0.15, 0.2) is 0 Å². The Morgan fingerprint density at radius 3 is 2.77 bits per heavy atom. The van der Waals surface area contributed by atoms with Crippen molar-refractivity contribution in [1.82, 2.24) is 0 Å². The number of hydrogen-bond donors (Lipinski definition) is 0. The number of halogens is 1. The van der Waals surface area contributed by atoms with Gasteiger partial charge in [-0.05, 0) is 29.2 Å². The first kappa shape index (κ1) is 8.58. The average Bonchev–Trinajstić information content (AvgIpc) is 2.15. The number of allylic oxidation sites excluding steroid dienone is 3. The van der Waals surface area contributed by atoms with Crippen molar-refractivity contribution in [3.8, 4) is 0 Å². The standard InChI is InChI=1S/C12H11Cl/c1-8-9(2)12(13)7-10-5-3-4-6-11(8)10/h3-6H,1,7H2,2H3. The molecule has 0 fully saturated rings. The van der Waals surface area contributed by atoms with Gasteiger partial charge < -0.3 is 0 Å². The molecular weight excluding hydrogens is 180 g/mol. The van der Waals surface area contributed by atoms with Crippen molar-refractivity contribution in [2.45, 2.75) is 13.3 Å². The Hall–Kier alpha value is -1.01. The van der Waals surface area contributed by atoms with Crippen LogP contribution < -0.4 is 0 Å². The van der Waals surface area contributed by atoms with E-state index in [1.807, 2.05) is 19.1 Å². The summed E-state index contributed by atoms with van der Waals surface area (Å²) in [6.45, 7) is 6.07. The molecule has 1 aromatic carbocycles. The van der Waals surface area contributed by atoms with E-state index in [2.05, 4.69) is 18.7 Å². The molecule has 66 valence electrons. The Morgan fingerprint density at radius 2 is 2.00 bits per heavy atom. The largest absolute Gasteiger partial charge is 0.0908 e. The van der Waals surface area contributed by atoms with Crippen molar-refractivity contribution in [3.05, 3.63) is 52.6 Å². The second kappa shape index (κ2) is 3.04. The molecule has 13 heavy (non-hydrogen) atoms. The highest BCUT2D eigenvalue weighted by atomic mass is 35.5. The number of fused-ring (bicyclic) bond motifs is 1. The molecule has 1 aliphatic carbocycles. The quantitative estimate of drug-likeness (QED) is 0.584. The van der Waals surface area contributed by atoms with Gasteiger partial charge in [-0.2, -0.15) is 0 Å². The van der Waals surface area contributed by atoms with Crippen LogP contribution in [0.5, 0.6) is 0 Å². The third-order valence-corrected chi connectivity index (χ3v) is 2.96. The predicted octanol–water partition coefficient (Wildman–Crippen LogP) is 3.77. The van der Waals surface area contributed by atoms with E-state index in [9.17, 15) is 0 Å². The van der Waals surface area contributed by atoms with Gasteiger partial charge in [-0.3, -0.25) is 0 Å². The highest BCUT2D eigenvalue weighted by Gasteiger charge is 2.16. The minimum Gasteiger partial charge on any atom is -0.0908 e. The molecule has 1 heteroatoms. The Balaban J connectivity index is 2.59. The Bertz CT molecular complexity index is 399. The van der Waals surface area contributed by atoms with Crippen molar-refractivity contribution < 1.29 is 0 Å². The summed E-state index contributed by atoms with van der Waals surface area (Å²) >= 11 is 6.11. The Morgan fingerprint density at radius 1 is 1.31 bits per heavy atom. The monoisotopic (exact) mass is 190 g/mol. The summed E-state index contributed by atoms with van der Waals surface area (Å²) in [4.78, 5) is 0. The van der Waals surface area contributed by atoms with Crippen molar-refractivity contribution >= 4 is 17.2 Å². The van der Waals surface area contributed by atoms with Crippen LogP contribution in [0.15, 0.2) is 41.4 Å². The molecule has 2 rings (SSSR count). The maximum atomic E-state index is 6.11. The SMILES string of the molecule is C=C1C(C)=C(Cl)Cc2ccccc21. The zero-order chi connectivity index (χ0) is 9.42. The fourth-order valence-corrected chi connectivity index (χ4v) is 1.89. The lowest BCUT2D eigenvalue weighted by molar-refractivity contribution is 1.16. The van der Waals surface area contributed by atoms with Crippen LogP contribution in [0.25, 0.3) is 5.57 Å². The molecule has 0 radical (unpaired) electrons. The van der Waals surface area contributed by atoms with Gasteiger partial charge in [-0.1, -0.05) is 42.4 Å². The maximum Gasteiger partial charge on any atom is 0.0260 e. The first-order chi connectivity index (χ1) is 6.20. The molecule has 0 aliphatic heterocycles. The van der Waals surface area contributed by atoms with E-state index in [1.165, 1.54) is 11.1 Å². The van der Waals surface area contributed by atoms with Gasteiger partial charge >= 0.3 is 0 Å². The van der Waals surface area contributed by atoms with Crippen molar-refractivity contribution in [3.63, 3.8) is 0 Å². The molecule has 0 N–H and O–H groups in total. The lowest BCUT2D eigenvalue weighted by atomic mass is 9.88. The van der Waals surface area contributed by atoms with E-state index in [4.69, 9.17) is 11.6 Å². The lowest BCUT2D eigenvalue weighted by Crippen LogP contribution is -2.02. The third kappa shape index (κ3) is 1.31. The molecular formula is C12H11Cl. The van der Waals surface area contributed by atoms with E-state index in [1.54, 1.807) is 0 Å². The molecule has 0 amide bonds. The summed E-state index contributed by atoms with van der Waals surface area (Å²) in [6.07, 6.45) is 0.850. The van der Waals surface area contributed by atoms with Crippen LogP contribution in [-0.4, -0.2) is 0 Å². The van der Waals surface area contributed by atoms with E-state index in [0.29, 0.717) is 0 Å². The van der Waals surface area contributed by atoms with Gasteiger partial charge in [-0.25, -0.2) is 0 Å². The van der Waals surface area contributed by atoms with Crippen LogP contribution in [0.1, 0.15) is 18.1 Å². The van der Waals surface area contributed by atoms with Crippen molar-refractivity contribution in [2.75, 3.05) is 0 Å². The molecule has 0 aromatic heterocycles. The van der Waals surface area contributed by atoms with Gasteiger partial charge in [-0.15, -0.1) is 0 Å². The highest BCUT2D eigenvalue weighted by molar-refractivity contribution is 6.31. The van der Waals surface area contributed by atoms with E-state index >= 15 is 0 Å². The van der Waals surface area contributed by atoms with Gasteiger partial charge in [0, 0.05) is 11.5 Å². The number of hydrogen-bond acceptors (Lipinski definition) is 0. The normalized spacial score (nSPS) is 16.0. The van der Waals surface area contributed by atoms with E-state index in [0.717, 1.165) is 22.6 Å². The zero-order valence-corrected chi connectivity index (χ0v) is 8.36. The fourth-order valence-electron chi connectivity index (χ4n) is 1.63. The van der Waals surface area contributed by atoms with Crippen molar-refractivity contribution in [2.24, 2.45) is 0 Å². The van der Waals surface area contributed by atoms with E-state index in [-0.39, 0.29) is 0 Å². The number of benzene rings is 1. The lowest BCUT2D eigenvalue weighted by Gasteiger charge is -2.19. The van der Waals surface area contributed by atoms with Crippen LogP contribution in [-0.2, 0) is 6.42 Å². The first-order valence-electron chi connectivity index (χ1n) is 4.33. The molecule has 0 atom stereocenters. The summed E-state index contributed by atoms with van der Waals surface area (Å²) in [5.41, 5.74) is 4.71. The molecule has 1 aliphatic rings. The van der Waals surface area contributed by atoms with Crippen LogP contribution in [0.3, 0.4) is 0 Å². The van der Waals surface area contributed by atoms with Crippen LogP contribution >= 0.6 is 11.6 Å². The third-order valence-electron chi connectivity index (χ3n) is 2.55. The van der Waals surface area contributed by atoms with Crippen LogP contribution in [0, 0.1) is 0 Å². The summed E-state index contributed by atoms with van der Waals surface area (Å²) in [5.74, 6) is 0. The Labute approximate surface area is 83.5 Å². The minimum absolute atomic E-state index is 0.850. The Kier molecular flexibility index (Phi) is 2.01.